The Kier molecular flexibility index (Phi) is 4.33. The maximum Gasteiger partial charge on any atom is 0.326 e. The lowest BCUT2D eigenvalue weighted by Gasteiger charge is -2.12. The second kappa shape index (κ2) is 6.00. The average molecular weight is 296 g/mol. The lowest BCUT2D eigenvalue weighted by molar-refractivity contribution is -0.126. The van der Waals surface area contributed by atoms with E-state index in [0.29, 0.717) is 11.2 Å². The number of thiazole rings is 1. The first kappa shape index (κ1) is 14.4. The topological polar surface area (TPSA) is 75.0 Å². The van der Waals surface area contributed by atoms with Crippen LogP contribution in [0.1, 0.15) is 12.8 Å². The maximum absolute atomic E-state index is 11.7. The minimum Gasteiger partial charge on any atom is -0.327 e. The lowest BCUT2D eigenvalue weighted by atomic mass is 10.3. The number of aryl methyl sites for hydroxylation is 1. The van der Waals surface area contributed by atoms with Crippen LogP contribution >= 0.6 is 11.3 Å². The largest absolute Gasteiger partial charge is 0.327 e. The van der Waals surface area contributed by atoms with Gasteiger partial charge in [-0.05, 0) is 6.42 Å². The lowest BCUT2D eigenvalue weighted by Crippen LogP contribution is -2.32. The summed E-state index contributed by atoms with van der Waals surface area (Å²) in [5.41, 5.74) is 0. The number of amides is 4. The molecule has 1 aliphatic rings. The number of nitrogens with zero attached hydrogens (tertiary/aromatic N) is 4. The fourth-order valence-electron chi connectivity index (χ4n) is 1.87. The molecule has 0 aromatic carbocycles. The minimum atomic E-state index is -0.302. The van der Waals surface area contributed by atoms with Crippen LogP contribution in [0.25, 0.3) is 0 Å². The normalized spacial score (nSPS) is 16.4. The Morgan fingerprint density at radius 1 is 1.40 bits per heavy atom. The van der Waals surface area contributed by atoms with Gasteiger partial charge in [-0.15, -0.1) is 11.3 Å². The number of likely N-dealkylation sites (N-methyl/N-ethyl adjacent to an activating group) is 1. The van der Waals surface area contributed by atoms with Crippen molar-refractivity contribution >= 4 is 29.2 Å². The van der Waals surface area contributed by atoms with Gasteiger partial charge in [0.05, 0.1) is 0 Å². The van der Waals surface area contributed by atoms with Crippen molar-refractivity contribution in [1.82, 2.24) is 14.4 Å². The molecule has 0 unspecified atom stereocenters. The van der Waals surface area contributed by atoms with Crippen molar-refractivity contribution in [3.05, 3.63) is 16.4 Å². The molecule has 1 aliphatic heterocycles. The van der Waals surface area contributed by atoms with Crippen LogP contribution in [0.4, 0.5) is 4.79 Å². The van der Waals surface area contributed by atoms with Gasteiger partial charge in [0.25, 0.3) is 0 Å². The van der Waals surface area contributed by atoms with Crippen LogP contribution in [0, 0.1) is 0 Å². The molecule has 0 spiro atoms. The molecule has 7 nitrogen and oxygen atoms in total. The number of carbonyl (C=O) groups excluding carboxylic acids is 3. The summed E-state index contributed by atoms with van der Waals surface area (Å²) >= 11 is 1.39. The van der Waals surface area contributed by atoms with Crippen LogP contribution in [-0.4, -0.2) is 52.3 Å². The Labute approximate surface area is 120 Å². The zero-order valence-electron chi connectivity index (χ0n) is 11.4. The van der Waals surface area contributed by atoms with E-state index < -0.39 is 0 Å². The first-order valence-electron chi connectivity index (χ1n) is 6.22. The molecule has 1 aromatic heterocycles. The second-order valence-corrected chi connectivity index (χ2v) is 5.46. The molecule has 1 fully saturated rings. The Bertz CT molecular complexity index is 604. The summed E-state index contributed by atoms with van der Waals surface area (Å²) in [6.07, 6.45) is 2.48. The summed E-state index contributed by atoms with van der Waals surface area (Å²) in [5, 5.41) is 1.85. The Hall–Kier alpha value is -1.96. The summed E-state index contributed by atoms with van der Waals surface area (Å²) in [7, 11) is 3.40. The molecule has 1 saturated heterocycles. The van der Waals surface area contributed by atoms with Crippen molar-refractivity contribution in [3.8, 4) is 0 Å². The third-order valence-electron chi connectivity index (χ3n) is 2.98. The minimum absolute atomic E-state index is 0.113. The molecule has 2 rings (SSSR count). The first-order valence-corrected chi connectivity index (χ1v) is 7.10. The molecule has 0 N–H and O–H groups in total. The first-order chi connectivity index (χ1) is 9.49. The smallest absolute Gasteiger partial charge is 0.326 e. The number of rotatable bonds is 4. The van der Waals surface area contributed by atoms with Crippen LogP contribution in [0.15, 0.2) is 16.6 Å². The number of hydrogen-bond donors (Lipinski definition) is 0. The summed E-state index contributed by atoms with van der Waals surface area (Å²) in [5.74, 6) is -0.456. The van der Waals surface area contributed by atoms with Gasteiger partial charge in [-0.25, -0.2) is 4.79 Å². The molecular formula is C12H16N4O3S. The molecule has 0 saturated carbocycles. The summed E-state index contributed by atoms with van der Waals surface area (Å²) in [4.78, 5) is 42.0. The Morgan fingerprint density at radius 3 is 2.70 bits per heavy atom. The standard InChI is InChI=1S/C12H16N4O3S/c1-14-6-7-20-11(14)13-9(17)4-3-5-16-10(18)8-15(2)12(16)19/h6-7H,3-5,8H2,1-2H3. The highest BCUT2D eigenvalue weighted by Gasteiger charge is 2.32. The number of urea groups is 1. The SMILES string of the molecule is CN1CC(=O)N(CCCC(=O)N=c2sccn2C)C1=O. The van der Waals surface area contributed by atoms with E-state index in [9.17, 15) is 14.4 Å². The second-order valence-electron chi connectivity index (χ2n) is 4.59. The number of carbonyl (C=O) groups is 3. The molecular weight excluding hydrogens is 280 g/mol. The fourth-order valence-corrected chi connectivity index (χ4v) is 2.62. The third kappa shape index (κ3) is 3.13. The highest BCUT2D eigenvalue weighted by molar-refractivity contribution is 7.07. The van der Waals surface area contributed by atoms with E-state index in [0.717, 1.165) is 0 Å². The van der Waals surface area contributed by atoms with Crippen LogP contribution in [-0.2, 0) is 16.6 Å². The molecule has 4 amide bonds. The maximum atomic E-state index is 11.7. The average Bonchev–Trinajstić information content (AvgIpc) is 2.88. The molecule has 0 aliphatic carbocycles. The van der Waals surface area contributed by atoms with E-state index in [1.165, 1.54) is 21.1 Å². The molecule has 2 heterocycles. The van der Waals surface area contributed by atoms with Crippen molar-refractivity contribution in [1.29, 1.82) is 0 Å². The van der Waals surface area contributed by atoms with Gasteiger partial charge in [-0.3, -0.25) is 14.5 Å². The molecule has 20 heavy (non-hydrogen) atoms. The third-order valence-corrected chi connectivity index (χ3v) is 3.83. The summed E-state index contributed by atoms with van der Waals surface area (Å²) in [6.45, 7) is 0.377. The van der Waals surface area contributed by atoms with E-state index >= 15 is 0 Å². The van der Waals surface area contributed by atoms with Crippen LogP contribution in [0.2, 0.25) is 0 Å². The van der Waals surface area contributed by atoms with Crippen molar-refractivity contribution < 1.29 is 14.4 Å². The van der Waals surface area contributed by atoms with Gasteiger partial charge in [0, 0.05) is 38.6 Å². The molecule has 1 aromatic rings. The molecule has 8 heteroatoms. The fraction of sp³-hybridized carbons (Fsp3) is 0.500. The number of aromatic nitrogens is 1. The van der Waals surface area contributed by atoms with Crippen LogP contribution in [0.3, 0.4) is 0 Å². The van der Waals surface area contributed by atoms with Crippen LogP contribution < -0.4 is 4.80 Å². The van der Waals surface area contributed by atoms with E-state index in [2.05, 4.69) is 4.99 Å². The number of hydrogen-bond acceptors (Lipinski definition) is 4. The van der Waals surface area contributed by atoms with Crippen molar-refractivity contribution in [3.63, 3.8) is 0 Å². The Balaban J connectivity index is 1.85. The predicted octanol–water partition coefficient (Wildman–Crippen LogP) is 0.188. The molecule has 0 atom stereocenters. The quantitative estimate of drug-likeness (QED) is 0.744. The Morgan fingerprint density at radius 2 is 2.15 bits per heavy atom. The van der Waals surface area contributed by atoms with Gasteiger partial charge < -0.3 is 9.47 Å². The van der Waals surface area contributed by atoms with Gasteiger partial charge in [0.1, 0.15) is 6.54 Å². The molecule has 0 bridgehead atoms. The van der Waals surface area contributed by atoms with E-state index in [1.807, 2.05) is 18.6 Å². The highest BCUT2D eigenvalue weighted by Crippen LogP contribution is 2.09. The van der Waals surface area contributed by atoms with Gasteiger partial charge in [0.2, 0.25) is 11.8 Å². The summed E-state index contributed by atoms with van der Waals surface area (Å²) < 4.78 is 1.77. The van der Waals surface area contributed by atoms with E-state index in [4.69, 9.17) is 0 Å². The van der Waals surface area contributed by atoms with Crippen molar-refractivity contribution in [2.24, 2.45) is 12.0 Å². The monoisotopic (exact) mass is 296 g/mol. The number of imide groups is 1. The van der Waals surface area contributed by atoms with E-state index in [1.54, 1.807) is 11.6 Å². The van der Waals surface area contributed by atoms with Gasteiger partial charge in [0.15, 0.2) is 4.80 Å². The highest BCUT2D eigenvalue weighted by atomic mass is 32.1. The van der Waals surface area contributed by atoms with Crippen LogP contribution in [0.5, 0.6) is 0 Å². The van der Waals surface area contributed by atoms with Gasteiger partial charge in [-0.1, -0.05) is 0 Å². The zero-order chi connectivity index (χ0) is 14.7. The molecule has 0 radical (unpaired) electrons. The summed E-state index contributed by atoms with van der Waals surface area (Å²) in [6, 6.07) is -0.302. The van der Waals surface area contributed by atoms with Crippen molar-refractivity contribution in [2.45, 2.75) is 12.8 Å². The van der Waals surface area contributed by atoms with Gasteiger partial charge in [-0.2, -0.15) is 4.99 Å². The van der Waals surface area contributed by atoms with E-state index in [-0.39, 0.29) is 37.4 Å². The van der Waals surface area contributed by atoms with Gasteiger partial charge >= 0.3 is 6.03 Å². The van der Waals surface area contributed by atoms with Crippen molar-refractivity contribution in [2.75, 3.05) is 20.1 Å². The zero-order valence-corrected chi connectivity index (χ0v) is 12.2. The predicted molar refractivity (Wildman–Crippen MR) is 72.8 cm³/mol. The molecule has 108 valence electrons.